The highest BCUT2D eigenvalue weighted by molar-refractivity contribution is 5.63. The van der Waals surface area contributed by atoms with Crippen molar-refractivity contribution in [2.75, 3.05) is 11.9 Å². The smallest absolute Gasteiger partial charge is 0.147 e. The monoisotopic (exact) mass is 290 g/mol. The zero-order chi connectivity index (χ0) is 15.4. The zero-order valence-electron chi connectivity index (χ0n) is 12.3. The molecular weight excluding hydrogens is 270 g/mol. The van der Waals surface area contributed by atoms with E-state index in [2.05, 4.69) is 0 Å². The Morgan fingerprint density at radius 1 is 1.05 bits per heavy atom. The summed E-state index contributed by atoms with van der Waals surface area (Å²) >= 11 is 0. The Morgan fingerprint density at radius 2 is 1.71 bits per heavy atom. The number of nitrogens with zero attached hydrogens (tertiary/aromatic N) is 1. The molecule has 0 radical (unpaired) electrons. The predicted molar refractivity (Wildman–Crippen MR) is 82.8 cm³/mol. The third-order valence-electron chi connectivity index (χ3n) is 3.61. The summed E-state index contributed by atoms with van der Waals surface area (Å²) in [5.41, 5.74) is 7.42. The lowest BCUT2D eigenvalue weighted by Crippen LogP contribution is -2.21. The van der Waals surface area contributed by atoms with Gasteiger partial charge in [0.25, 0.3) is 0 Å². The summed E-state index contributed by atoms with van der Waals surface area (Å²) in [5, 5.41) is 0. The number of benzene rings is 2. The maximum absolute atomic E-state index is 14.3. The first kappa shape index (κ1) is 15.4. The van der Waals surface area contributed by atoms with Crippen LogP contribution in [0.25, 0.3) is 0 Å². The van der Waals surface area contributed by atoms with Gasteiger partial charge in [0.2, 0.25) is 0 Å². The maximum atomic E-state index is 14.3. The molecule has 0 saturated carbocycles. The van der Waals surface area contributed by atoms with E-state index in [1.807, 2.05) is 13.0 Å². The molecule has 0 amide bonds. The summed E-state index contributed by atoms with van der Waals surface area (Å²) in [7, 11) is 1.65. The largest absolute Gasteiger partial charge is 0.340 e. The van der Waals surface area contributed by atoms with Gasteiger partial charge >= 0.3 is 0 Å². The van der Waals surface area contributed by atoms with Gasteiger partial charge in [0.15, 0.2) is 0 Å². The molecule has 2 rings (SSSR count). The average molecular weight is 290 g/mol. The van der Waals surface area contributed by atoms with Gasteiger partial charge in [-0.1, -0.05) is 25.1 Å². The molecule has 0 saturated heterocycles. The maximum Gasteiger partial charge on any atom is 0.147 e. The SMILES string of the molecule is CCC(N)Cc1ccc(N(C)c2ccccc2F)c(F)c1. The minimum atomic E-state index is -0.378. The Labute approximate surface area is 124 Å². The van der Waals surface area contributed by atoms with Gasteiger partial charge < -0.3 is 10.6 Å². The molecule has 21 heavy (non-hydrogen) atoms. The molecule has 1 unspecified atom stereocenters. The van der Waals surface area contributed by atoms with Crippen molar-refractivity contribution >= 4 is 11.4 Å². The summed E-state index contributed by atoms with van der Waals surface area (Å²) in [4.78, 5) is 1.51. The number of halogens is 2. The molecule has 0 aliphatic rings. The van der Waals surface area contributed by atoms with Gasteiger partial charge in [0.05, 0.1) is 11.4 Å². The number of hydrogen-bond donors (Lipinski definition) is 1. The molecule has 0 spiro atoms. The normalized spacial score (nSPS) is 12.2. The Balaban J connectivity index is 2.27. The van der Waals surface area contributed by atoms with Crippen molar-refractivity contribution in [3.63, 3.8) is 0 Å². The van der Waals surface area contributed by atoms with E-state index in [1.165, 1.54) is 17.0 Å². The number of hydrogen-bond acceptors (Lipinski definition) is 2. The second-order valence-corrected chi connectivity index (χ2v) is 5.17. The molecule has 2 aromatic rings. The highest BCUT2D eigenvalue weighted by Gasteiger charge is 2.13. The van der Waals surface area contributed by atoms with Crippen molar-refractivity contribution in [3.05, 3.63) is 59.7 Å². The molecule has 2 N–H and O–H groups in total. The van der Waals surface area contributed by atoms with Gasteiger partial charge in [-0.05, 0) is 42.7 Å². The van der Waals surface area contributed by atoms with E-state index >= 15 is 0 Å². The highest BCUT2D eigenvalue weighted by atomic mass is 19.1. The van der Waals surface area contributed by atoms with Crippen molar-refractivity contribution in [2.24, 2.45) is 5.73 Å². The first-order valence-electron chi connectivity index (χ1n) is 7.05. The third-order valence-corrected chi connectivity index (χ3v) is 3.61. The first-order chi connectivity index (χ1) is 10.0. The van der Waals surface area contributed by atoms with E-state index in [9.17, 15) is 8.78 Å². The van der Waals surface area contributed by atoms with Crippen molar-refractivity contribution in [1.29, 1.82) is 0 Å². The summed E-state index contributed by atoms with van der Waals surface area (Å²) in [6.07, 6.45) is 1.48. The van der Waals surface area contributed by atoms with Crippen LogP contribution in [0.1, 0.15) is 18.9 Å². The fraction of sp³-hybridized carbons (Fsp3) is 0.294. The Bertz CT molecular complexity index is 613. The highest BCUT2D eigenvalue weighted by Crippen LogP contribution is 2.28. The van der Waals surface area contributed by atoms with Crippen molar-refractivity contribution in [1.82, 2.24) is 0 Å². The second kappa shape index (κ2) is 6.68. The fourth-order valence-corrected chi connectivity index (χ4v) is 2.25. The predicted octanol–water partition coefficient (Wildman–Crippen LogP) is 4.01. The lowest BCUT2D eigenvalue weighted by molar-refractivity contribution is 0.610. The molecule has 0 bridgehead atoms. The van der Waals surface area contributed by atoms with Gasteiger partial charge in [0.1, 0.15) is 11.6 Å². The lowest BCUT2D eigenvalue weighted by atomic mass is 10.0. The van der Waals surface area contributed by atoms with Crippen molar-refractivity contribution in [2.45, 2.75) is 25.8 Å². The van der Waals surface area contributed by atoms with Gasteiger partial charge in [-0.15, -0.1) is 0 Å². The molecule has 0 heterocycles. The fourth-order valence-electron chi connectivity index (χ4n) is 2.25. The molecule has 0 fully saturated rings. The topological polar surface area (TPSA) is 29.3 Å². The van der Waals surface area contributed by atoms with E-state index in [-0.39, 0.29) is 17.7 Å². The minimum absolute atomic E-state index is 0.0274. The number of para-hydroxylation sites is 1. The quantitative estimate of drug-likeness (QED) is 0.901. The van der Waals surface area contributed by atoms with Crippen LogP contribution in [0.5, 0.6) is 0 Å². The van der Waals surface area contributed by atoms with E-state index in [4.69, 9.17) is 5.73 Å². The second-order valence-electron chi connectivity index (χ2n) is 5.17. The number of anilines is 2. The Hall–Kier alpha value is -1.94. The number of rotatable bonds is 5. The summed E-state index contributed by atoms with van der Waals surface area (Å²) in [6, 6.07) is 11.3. The van der Waals surface area contributed by atoms with Crippen LogP contribution in [-0.4, -0.2) is 13.1 Å². The van der Waals surface area contributed by atoms with Crippen molar-refractivity contribution < 1.29 is 8.78 Å². The molecule has 1 atom stereocenters. The van der Waals surface area contributed by atoms with E-state index in [0.717, 1.165) is 12.0 Å². The minimum Gasteiger partial charge on any atom is -0.340 e. The van der Waals surface area contributed by atoms with Crippen LogP contribution < -0.4 is 10.6 Å². The third kappa shape index (κ3) is 3.58. The van der Waals surface area contributed by atoms with Gasteiger partial charge in [-0.25, -0.2) is 8.78 Å². The standard InChI is InChI=1S/C17H20F2N2/c1-3-13(20)10-12-8-9-17(15(19)11-12)21(2)16-7-5-4-6-14(16)18/h4-9,11,13H,3,10,20H2,1-2H3. The van der Waals surface area contributed by atoms with Crippen LogP contribution in [0, 0.1) is 11.6 Å². The molecule has 0 aliphatic carbocycles. The van der Waals surface area contributed by atoms with E-state index in [0.29, 0.717) is 17.8 Å². The molecule has 112 valence electrons. The van der Waals surface area contributed by atoms with Crippen LogP contribution in [0.2, 0.25) is 0 Å². The van der Waals surface area contributed by atoms with E-state index < -0.39 is 0 Å². The summed E-state index contributed by atoms with van der Waals surface area (Å²) < 4.78 is 28.0. The summed E-state index contributed by atoms with van der Waals surface area (Å²) in [6.45, 7) is 2.00. The van der Waals surface area contributed by atoms with Gasteiger partial charge in [-0.3, -0.25) is 0 Å². The molecular formula is C17H20F2N2. The number of nitrogens with two attached hydrogens (primary N) is 1. The van der Waals surface area contributed by atoms with Crippen LogP contribution in [0.4, 0.5) is 20.2 Å². The van der Waals surface area contributed by atoms with Gasteiger partial charge in [-0.2, -0.15) is 0 Å². The van der Waals surface area contributed by atoms with Crippen LogP contribution in [0.15, 0.2) is 42.5 Å². The lowest BCUT2D eigenvalue weighted by Gasteiger charge is -2.21. The Morgan fingerprint density at radius 3 is 2.33 bits per heavy atom. The zero-order valence-corrected chi connectivity index (χ0v) is 12.3. The molecule has 0 aromatic heterocycles. The van der Waals surface area contributed by atoms with Crippen LogP contribution in [0.3, 0.4) is 0 Å². The Kier molecular flexibility index (Phi) is 4.91. The average Bonchev–Trinajstić information content (AvgIpc) is 2.47. The van der Waals surface area contributed by atoms with Crippen LogP contribution in [-0.2, 0) is 6.42 Å². The van der Waals surface area contributed by atoms with Gasteiger partial charge in [0, 0.05) is 13.1 Å². The summed E-state index contributed by atoms with van der Waals surface area (Å²) in [5.74, 6) is -0.752. The molecule has 4 heteroatoms. The first-order valence-corrected chi connectivity index (χ1v) is 7.05. The van der Waals surface area contributed by atoms with E-state index in [1.54, 1.807) is 31.3 Å². The van der Waals surface area contributed by atoms with Crippen LogP contribution >= 0.6 is 0 Å². The molecule has 2 aromatic carbocycles. The molecule has 2 nitrogen and oxygen atoms in total. The van der Waals surface area contributed by atoms with Crippen molar-refractivity contribution in [3.8, 4) is 0 Å². The molecule has 0 aliphatic heterocycles.